The third kappa shape index (κ3) is 5.49. The molecule has 0 aliphatic rings. The number of nitrogens with zero attached hydrogens (tertiary/aromatic N) is 1. The lowest BCUT2D eigenvalue weighted by Gasteiger charge is -2.02. The fourth-order valence-electron chi connectivity index (χ4n) is 3.19. The van der Waals surface area contributed by atoms with Crippen molar-refractivity contribution in [2.24, 2.45) is 0 Å². The summed E-state index contributed by atoms with van der Waals surface area (Å²) >= 11 is 0. The van der Waals surface area contributed by atoms with Crippen molar-refractivity contribution >= 4 is 11.6 Å². The highest BCUT2D eigenvalue weighted by Crippen LogP contribution is 2.23. The summed E-state index contributed by atoms with van der Waals surface area (Å²) in [5.41, 5.74) is 3.83. The number of ketones is 2. The summed E-state index contributed by atoms with van der Waals surface area (Å²) in [4.78, 5) is 28.9. The van der Waals surface area contributed by atoms with Crippen molar-refractivity contribution in [2.45, 2.75) is 46.0 Å². The Morgan fingerprint density at radius 2 is 1.75 bits per heavy atom. The van der Waals surface area contributed by atoms with E-state index in [1.54, 1.807) is 6.92 Å². The number of Topliss-reactive ketones (excluding diaryl/α,β-unsaturated/α-hetero) is 2. The fourth-order valence-corrected chi connectivity index (χ4v) is 3.19. The Balaban J connectivity index is 1.51. The Labute approximate surface area is 165 Å². The van der Waals surface area contributed by atoms with Crippen molar-refractivity contribution in [3.05, 3.63) is 77.2 Å². The molecule has 3 aromatic rings. The van der Waals surface area contributed by atoms with Crippen LogP contribution in [0, 0.1) is 13.8 Å². The largest absolute Gasteiger partial charge is 0.441 e. The fraction of sp³-hybridized carbons (Fsp3) is 0.292. The molecule has 0 spiro atoms. The molecule has 1 aromatic heterocycles. The second-order valence-electron chi connectivity index (χ2n) is 7.16. The van der Waals surface area contributed by atoms with E-state index >= 15 is 0 Å². The molecule has 0 radical (unpaired) electrons. The summed E-state index contributed by atoms with van der Waals surface area (Å²) in [6.45, 7) is 3.81. The molecule has 0 saturated heterocycles. The van der Waals surface area contributed by atoms with Crippen LogP contribution in [0.1, 0.15) is 41.8 Å². The van der Waals surface area contributed by atoms with Crippen LogP contribution in [-0.2, 0) is 22.4 Å². The second-order valence-corrected chi connectivity index (χ2v) is 7.16. The van der Waals surface area contributed by atoms with Gasteiger partial charge in [-0.2, -0.15) is 0 Å². The van der Waals surface area contributed by atoms with Gasteiger partial charge >= 0.3 is 0 Å². The summed E-state index contributed by atoms with van der Waals surface area (Å²) in [5, 5.41) is 0. The van der Waals surface area contributed by atoms with E-state index in [0.717, 1.165) is 24.0 Å². The number of aromatic nitrogens is 1. The standard InChI is InChI=1S/C24H25NO3/c1-17-8-6-12-20(14-17)24-25-23(18(2)28-24)16-22(27)15-21(26)13-7-11-19-9-4-3-5-10-19/h3-6,8-10,12,14H,7,11,13,15-16H2,1-2H3. The van der Waals surface area contributed by atoms with Gasteiger partial charge in [0.25, 0.3) is 0 Å². The van der Waals surface area contributed by atoms with Gasteiger partial charge in [0.1, 0.15) is 17.3 Å². The molecule has 28 heavy (non-hydrogen) atoms. The van der Waals surface area contributed by atoms with Gasteiger partial charge < -0.3 is 4.42 Å². The van der Waals surface area contributed by atoms with Crippen LogP contribution >= 0.6 is 0 Å². The van der Waals surface area contributed by atoms with Gasteiger partial charge in [0.2, 0.25) is 5.89 Å². The van der Waals surface area contributed by atoms with Gasteiger partial charge in [-0.3, -0.25) is 9.59 Å². The van der Waals surface area contributed by atoms with Gasteiger partial charge in [-0.25, -0.2) is 4.98 Å². The van der Waals surface area contributed by atoms with Crippen LogP contribution in [0.4, 0.5) is 0 Å². The monoisotopic (exact) mass is 375 g/mol. The molecule has 0 aliphatic heterocycles. The number of hydrogen-bond donors (Lipinski definition) is 0. The highest BCUT2D eigenvalue weighted by Gasteiger charge is 2.17. The van der Waals surface area contributed by atoms with Crippen molar-refractivity contribution in [1.29, 1.82) is 0 Å². The van der Waals surface area contributed by atoms with Crippen molar-refractivity contribution in [3.8, 4) is 11.5 Å². The first-order valence-corrected chi connectivity index (χ1v) is 9.62. The smallest absolute Gasteiger partial charge is 0.226 e. The Morgan fingerprint density at radius 1 is 0.964 bits per heavy atom. The van der Waals surface area contributed by atoms with Gasteiger partial charge in [0.05, 0.1) is 18.5 Å². The first kappa shape index (κ1) is 19.7. The van der Waals surface area contributed by atoms with Crippen molar-refractivity contribution in [3.63, 3.8) is 0 Å². The van der Waals surface area contributed by atoms with E-state index in [-0.39, 0.29) is 24.4 Å². The minimum Gasteiger partial charge on any atom is -0.441 e. The van der Waals surface area contributed by atoms with E-state index in [0.29, 0.717) is 23.8 Å². The van der Waals surface area contributed by atoms with Crippen LogP contribution < -0.4 is 0 Å². The zero-order valence-electron chi connectivity index (χ0n) is 16.4. The summed E-state index contributed by atoms with van der Waals surface area (Å²) in [5.74, 6) is 1.01. The Hall–Kier alpha value is -3.01. The lowest BCUT2D eigenvalue weighted by molar-refractivity contribution is -0.126. The summed E-state index contributed by atoms with van der Waals surface area (Å²) in [6.07, 6.45) is 2.12. The van der Waals surface area contributed by atoms with Crippen LogP contribution in [0.25, 0.3) is 11.5 Å². The Morgan fingerprint density at radius 3 is 2.50 bits per heavy atom. The molecule has 3 rings (SSSR count). The maximum Gasteiger partial charge on any atom is 0.226 e. The zero-order valence-corrected chi connectivity index (χ0v) is 16.4. The summed E-state index contributed by atoms with van der Waals surface area (Å²) < 4.78 is 5.73. The molecule has 1 heterocycles. The molecule has 0 bridgehead atoms. The molecule has 144 valence electrons. The molecular formula is C24H25NO3. The molecule has 0 N–H and O–H groups in total. The summed E-state index contributed by atoms with van der Waals surface area (Å²) in [6, 6.07) is 17.9. The number of rotatable bonds is 9. The maximum absolute atomic E-state index is 12.3. The van der Waals surface area contributed by atoms with Crippen LogP contribution in [0.3, 0.4) is 0 Å². The van der Waals surface area contributed by atoms with E-state index in [9.17, 15) is 9.59 Å². The van der Waals surface area contributed by atoms with Crippen molar-refractivity contribution < 1.29 is 14.0 Å². The third-order valence-corrected chi connectivity index (χ3v) is 4.68. The number of benzene rings is 2. The molecule has 0 fully saturated rings. The Kier molecular flexibility index (Phi) is 6.53. The SMILES string of the molecule is Cc1cccc(-c2nc(CC(=O)CC(=O)CCCc3ccccc3)c(C)o2)c1. The van der Waals surface area contributed by atoms with Gasteiger partial charge in [-0.1, -0.05) is 48.0 Å². The quantitative estimate of drug-likeness (QED) is 0.491. The minimum absolute atomic E-state index is 0.0130. The molecule has 0 unspecified atom stereocenters. The maximum atomic E-state index is 12.3. The van der Waals surface area contributed by atoms with Crippen LogP contribution in [0.2, 0.25) is 0 Å². The van der Waals surface area contributed by atoms with E-state index in [2.05, 4.69) is 17.1 Å². The molecule has 4 nitrogen and oxygen atoms in total. The molecular weight excluding hydrogens is 350 g/mol. The van der Waals surface area contributed by atoms with Crippen LogP contribution in [-0.4, -0.2) is 16.6 Å². The lowest BCUT2D eigenvalue weighted by Crippen LogP contribution is -2.11. The van der Waals surface area contributed by atoms with Gasteiger partial charge in [0, 0.05) is 12.0 Å². The topological polar surface area (TPSA) is 60.2 Å². The van der Waals surface area contributed by atoms with E-state index < -0.39 is 0 Å². The molecule has 0 amide bonds. The minimum atomic E-state index is -0.114. The molecule has 0 aliphatic carbocycles. The van der Waals surface area contributed by atoms with Gasteiger partial charge in [0.15, 0.2) is 0 Å². The highest BCUT2D eigenvalue weighted by atomic mass is 16.4. The van der Waals surface area contributed by atoms with Gasteiger partial charge in [-0.15, -0.1) is 0 Å². The van der Waals surface area contributed by atoms with Gasteiger partial charge in [-0.05, 0) is 44.4 Å². The zero-order chi connectivity index (χ0) is 19.9. The summed E-state index contributed by atoms with van der Waals surface area (Å²) in [7, 11) is 0. The average molecular weight is 375 g/mol. The van der Waals surface area contributed by atoms with Crippen LogP contribution in [0.5, 0.6) is 0 Å². The highest BCUT2D eigenvalue weighted by molar-refractivity contribution is 5.99. The predicted molar refractivity (Wildman–Crippen MR) is 109 cm³/mol. The normalized spacial score (nSPS) is 10.8. The Bertz CT molecular complexity index is 957. The van der Waals surface area contributed by atoms with E-state index in [1.165, 1.54) is 5.56 Å². The number of carbonyl (C=O) groups is 2. The number of carbonyl (C=O) groups excluding carboxylic acids is 2. The van der Waals surface area contributed by atoms with E-state index in [1.807, 2.05) is 49.4 Å². The van der Waals surface area contributed by atoms with Crippen molar-refractivity contribution in [2.75, 3.05) is 0 Å². The van der Waals surface area contributed by atoms with Crippen LogP contribution in [0.15, 0.2) is 59.0 Å². The first-order chi connectivity index (χ1) is 13.5. The molecule has 4 heteroatoms. The number of hydrogen-bond acceptors (Lipinski definition) is 4. The average Bonchev–Trinajstić information content (AvgIpc) is 3.03. The lowest BCUT2D eigenvalue weighted by atomic mass is 10.0. The molecule has 0 saturated carbocycles. The van der Waals surface area contributed by atoms with E-state index in [4.69, 9.17) is 4.42 Å². The van der Waals surface area contributed by atoms with Crippen molar-refractivity contribution in [1.82, 2.24) is 4.98 Å². The second kappa shape index (κ2) is 9.27. The number of aryl methyl sites for hydroxylation is 3. The predicted octanol–water partition coefficient (Wildman–Crippen LogP) is 5.05. The molecule has 0 atom stereocenters. The number of oxazole rings is 1. The first-order valence-electron chi connectivity index (χ1n) is 9.62. The third-order valence-electron chi connectivity index (χ3n) is 4.68. The molecule has 2 aromatic carbocycles.